The van der Waals surface area contributed by atoms with Gasteiger partial charge < -0.3 is 4.74 Å². The molecule has 24 heavy (non-hydrogen) atoms. The average molecular weight is 337 g/mol. The SMILES string of the molecule is CCCCCCCCCCO[C@H]1CC[C@H](C2CCC(C)CC2)CC1. The van der Waals surface area contributed by atoms with E-state index in [1.165, 1.54) is 103 Å². The van der Waals surface area contributed by atoms with Crippen molar-refractivity contribution in [2.24, 2.45) is 17.8 Å². The topological polar surface area (TPSA) is 9.23 Å². The Hall–Kier alpha value is -0.0400. The van der Waals surface area contributed by atoms with Crippen molar-refractivity contribution in [3.63, 3.8) is 0 Å². The number of ether oxygens (including phenoxy) is 1. The van der Waals surface area contributed by atoms with E-state index in [-0.39, 0.29) is 0 Å². The van der Waals surface area contributed by atoms with Crippen molar-refractivity contribution in [2.45, 2.75) is 123 Å². The molecule has 0 aromatic rings. The summed E-state index contributed by atoms with van der Waals surface area (Å²) in [6.07, 6.45) is 23.3. The van der Waals surface area contributed by atoms with E-state index < -0.39 is 0 Å². The minimum Gasteiger partial charge on any atom is -0.378 e. The molecule has 0 bridgehead atoms. The van der Waals surface area contributed by atoms with Crippen LogP contribution in [0.3, 0.4) is 0 Å². The highest BCUT2D eigenvalue weighted by molar-refractivity contribution is 4.81. The molecule has 0 aromatic carbocycles. The zero-order chi connectivity index (χ0) is 17.0. The fourth-order valence-electron chi connectivity index (χ4n) is 4.97. The second-order valence-electron chi connectivity index (χ2n) is 8.90. The van der Waals surface area contributed by atoms with Crippen LogP contribution in [0.1, 0.15) is 117 Å². The highest BCUT2D eigenvalue weighted by atomic mass is 16.5. The standard InChI is InChI=1S/C23H44O/c1-3-4-5-6-7-8-9-10-19-24-23-17-15-22(16-18-23)21-13-11-20(2)12-14-21/h20-23H,3-19H2,1-2H3/t20?,21?,22-,23-. The monoisotopic (exact) mass is 336 g/mol. The normalized spacial score (nSPS) is 31.2. The van der Waals surface area contributed by atoms with Gasteiger partial charge in [0.2, 0.25) is 0 Å². The summed E-state index contributed by atoms with van der Waals surface area (Å²) in [5.74, 6) is 3.07. The van der Waals surface area contributed by atoms with Crippen LogP contribution < -0.4 is 0 Å². The molecule has 0 radical (unpaired) electrons. The molecule has 0 amide bonds. The van der Waals surface area contributed by atoms with Crippen molar-refractivity contribution in [1.29, 1.82) is 0 Å². The van der Waals surface area contributed by atoms with E-state index in [0.29, 0.717) is 6.10 Å². The molecule has 0 unspecified atom stereocenters. The Morgan fingerprint density at radius 1 is 0.625 bits per heavy atom. The van der Waals surface area contributed by atoms with Gasteiger partial charge >= 0.3 is 0 Å². The van der Waals surface area contributed by atoms with Gasteiger partial charge in [-0.1, -0.05) is 71.6 Å². The first-order valence-corrected chi connectivity index (χ1v) is 11.4. The van der Waals surface area contributed by atoms with Crippen LogP contribution >= 0.6 is 0 Å². The Morgan fingerprint density at radius 3 is 1.71 bits per heavy atom. The lowest BCUT2D eigenvalue weighted by Gasteiger charge is -2.37. The summed E-state index contributed by atoms with van der Waals surface area (Å²) in [7, 11) is 0. The third-order valence-electron chi connectivity index (χ3n) is 6.80. The molecule has 2 saturated carbocycles. The fourth-order valence-corrected chi connectivity index (χ4v) is 4.97. The molecule has 2 aliphatic carbocycles. The largest absolute Gasteiger partial charge is 0.378 e. The predicted molar refractivity (Wildman–Crippen MR) is 105 cm³/mol. The van der Waals surface area contributed by atoms with Gasteiger partial charge in [0, 0.05) is 6.61 Å². The smallest absolute Gasteiger partial charge is 0.0575 e. The molecule has 2 rings (SSSR count). The lowest BCUT2D eigenvalue weighted by atomic mass is 9.71. The van der Waals surface area contributed by atoms with Crippen LogP contribution in [0, 0.1) is 17.8 Å². The van der Waals surface area contributed by atoms with E-state index in [2.05, 4.69) is 13.8 Å². The van der Waals surface area contributed by atoms with Crippen molar-refractivity contribution < 1.29 is 4.74 Å². The first-order chi connectivity index (χ1) is 11.8. The summed E-state index contributed by atoms with van der Waals surface area (Å²) in [4.78, 5) is 0. The molecule has 1 heteroatoms. The zero-order valence-corrected chi connectivity index (χ0v) is 16.7. The minimum atomic E-state index is 0.591. The molecular formula is C23H44O. The van der Waals surface area contributed by atoms with Gasteiger partial charge in [0.1, 0.15) is 0 Å². The van der Waals surface area contributed by atoms with Gasteiger partial charge in [-0.2, -0.15) is 0 Å². The maximum Gasteiger partial charge on any atom is 0.0575 e. The molecule has 0 heterocycles. The molecular weight excluding hydrogens is 292 g/mol. The summed E-state index contributed by atoms with van der Waals surface area (Å²) in [5, 5.41) is 0. The molecule has 1 nitrogen and oxygen atoms in total. The molecule has 0 saturated heterocycles. The van der Waals surface area contributed by atoms with Crippen molar-refractivity contribution in [3.8, 4) is 0 Å². The van der Waals surface area contributed by atoms with Gasteiger partial charge in [-0.15, -0.1) is 0 Å². The van der Waals surface area contributed by atoms with E-state index >= 15 is 0 Å². The molecule has 142 valence electrons. The summed E-state index contributed by atoms with van der Waals surface area (Å²) < 4.78 is 6.18. The van der Waals surface area contributed by atoms with Crippen molar-refractivity contribution >= 4 is 0 Å². The van der Waals surface area contributed by atoms with Gasteiger partial charge in [-0.3, -0.25) is 0 Å². The first kappa shape index (κ1) is 20.3. The maximum atomic E-state index is 6.18. The molecule has 0 aliphatic heterocycles. The zero-order valence-electron chi connectivity index (χ0n) is 16.7. The van der Waals surface area contributed by atoms with Gasteiger partial charge in [-0.05, 0) is 62.7 Å². The van der Waals surface area contributed by atoms with Crippen LogP contribution in [0.25, 0.3) is 0 Å². The van der Waals surface area contributed by atoms with Crippen LogP contribution in [0.15, 0.2) is 0 Å². The Morgan fingerprint density at radius 2 is 1.12 bits per heavy atom. The Kier molecular flexibility index (Phi) is 10.4. The van der Waals surface area contributed by atoms with Crippen LogP contribution in [-0.2, 0) is 4.74 Å². The van der Waals surface area contributed by atoms with Gasteiger partial charge in [0.15, 0.2) is 0 Å². The fraction of sp³-hybridized carbons (Fsp3) is 1.00. The summed E-state index contributed by atoms with van der Waals surface area (Å²) >= 11 is 0. The highest BCUT2D eigenvalue weighted by Crippen LogP contribution is 2.40. The van der Waals surface area contributed by atoms with Crippen molar-refractivity contribution in [1.82, 2.24) is 0 Å². The van der Waals surface area contributed by atoms with E-state index in [4.69, 9.17) is 4.74 Å². The van der Waals surface area contributed by atoms with E-state index in [1.54, 1.807) is 0 Å². The molecule has 2 aliphatic rings. The predicted octanol–water partition coefficient (Wildman–Crippen LogP) is 7.53. The van der Waals surface area contributed by atoms with Gasteiger partial charge in [0.05, 0.1) is 6.10 Å². The van der Waals surface area contributed by atoms with Gasteiger partial charge in [-0.25, -0.2) is 0 Å². The molecule has 0 spiro atoms. The quantitative estimate of drug-likeness (QED) is 0.354. The lowest BCUT2D eigenvalue weighted by molar-refractivity contribution is 0.00563. The number of hydrogen-bond acceptors (Lipinski definition) is 1. The Labute approximate surface area is 152 Å². The summed E-state index contributed by atoms with van der Waals surface area (Å²) in [6.45, 7) is 5.75. The maximum absolute atomic E-state index is 6.18. The highest BCUT2D eigenvalue weighted by Gasteiger charge is 2.30. The molecule has 0 aromatic heterocycles. The average Bonchev–Trinajstić information content (AvgIpc) is 2.62. The lowest BCUT2D eigenvalue weighted by Crippen LogP contribution is -2.28. The summed E-state index contributed by atoms with van der Waals surface area (Å²) in [6, 6.07) is 0. The molecule has 0 atom stereocenters. The van der Waals surface area contributed by atoms with Gasteiger partial charge in [0.25, 0.3) is 0 Å². The van der Waals surface area contributed by atoms with Crippen LogP contribution in [-0.4, -0.2) is 12.7 Å². The summed E-state index contributed by atoms with van der Waals surface area (Å²) in [5.41, 5.74) is 0. The van der Waals surface area contributed by atoms with E-state index in [1.807, 2.05) is 0 Å². The second-order valence-corrected chi connectivity index (χ2v) is 8.90. The van der Waals surface area contributed by atoms with Crippen molar-refractivity contribution in [3.05, 3.63) is 0 Å². The molecule has 0 N–H and O–H groups in total. The van der Waals surface area contributed by atoms with Crippen molar-refractivity contribution in [2.75, 3.05) is 6.61 Å². The van der Waals surface area contributed by atoms with E-state index in [0.717, 1.165) is 24.4 Å². The third-order valence-corrected chi connectivity index (χ3v) is 6.80. The van der Waals surface area contributed by atoms with Crippen LogP contribution in [0.4, 0.5) is 0 Å². The minimum absolute atomic E-state index is 0.591. The third kappa shape index (κ3) is 7.89. The second kappa shape index (κ2) is 12.3. The van der Waals surface area contributed by atoms with Crippen LogP contribution in [0.5, 0.6) is 0 Å². The number of rotatable bonds is 11. The number of unbranched alkanes of at least 4 members (excludes halogenated alkanes) is 7. The first-order valence-electron chi connectivity index (χ1n) is 11.4. The molecule has 2 fully saturated rings. The Bertz CT molecular complexity index is 284. The number of hydrogen-bond donors (Lipinski definition) is 0. The Balaban J connectivity index is 1.42. The van der Waals surface area contributed by atoms with E-state index in [9.17, 15) is 0 Å². The van der Waals surface area contributed by atoms with Crippen LogP contribution in [0.2, 0.25) is 0 Å².